The molecule has 0 saturated carbocycles. The van der Waals surface area contributed by atoms with Crippen LogP contribution in [0.5, 0.6) is 0 Å². The zero-order valence-corrected chi connectivity index (χ0v) is 18.7. The van der Waals surface area contributed by atoms with E-state index in [1.807, 2.05) is 44.2 Å². The van der Waals surface area contributed by atoms with E-state index in [1.165, 1.54) is 0 Å². The van der Waals surface area contributed by atoms with Gasteiger partial charge in [-0.25, -0.2) is 13.1 Å². The van der Waals surface area contributed by atoms with Gasteiger partial charge in [0.25, 0.3) is 0 Å². The van der Waals surface area contributed by atoms with Crippen LogP contribution in [0.25, 0.3) is 11.0 Å². The van der Waals surface area contributed by atoms with Gasteiger partial charge in [-0.05, 0) is 37.1 Å². The van der Waals surface area contributed by atoms with Crippen molar-refractivity contribution in [3.05, 3.63) is 64.9 Å². The highest BCUT2D eigenvalue weighted by atomic mass is 32.2. The van der Waals surface area contributed by atoms with Crippen LogP contribution < -0.4 is 4.72 Å². The largest absolute Gasteiger partial charge is 0.461 e. The molecular weight excluding hydrogens is 400 g/mol. The van der Waals surface area contributed by atoms with Crippen molar-refractivity contribution in [2.45, 2.75) is 45.1 Å². The van der Waals surface area contributed by atoms with Crippen LogP contribution in [-0.4, -0.2) is 32.8 Å². The topological polar surface area (TPSA) is 79.6 Å². The second-order valence-corrected chi connectivity index (χ2v) is 9.26. The molecule has 0 aliphatic carbocycles. The minimum absolute atomic E-state index is 0.0473. The molecule has 2 aromatic carbocycles. The summed E-state index contributed by atoms with van der Waals surface area (Å²) in [7, 11) is -1.94. The van der Waals surface area contributed by atoms with Gasteiger partial charge in [0.1, 0.15) is 11.3 Å². The van der Waals surface area contributed by atoms with Gasteiger partial charge in [0.2, 0.25) is 15.9 Å². The second-order valence-electron chi connectivity index (χ2n) is 7.52. The monoisotopic (exact) mass is 428 g/mol. The zero-order chi connectivity index (χ0) is 21.9. The molecule has 0 fully saturated rings. The van der Waals surface area contributed by atoms with Gasteiger partial charge in [-0.1, -0.05) is 37.3 Å². The van der Waals surface area contributed by atoms with E-state index in [0.717, 1.165) is 34.3 Å². The molecule has 0 bridgehead atoms. The summed E-state index contributed by atoms with van der Waals surface area (Å²) in [6.45, 7) is 6.09. The standard InChI is InChI=1S/C23H28N2O4S/c1-5-20-19(18-8-6-7-9-21(18)29-20)15-25(4)23(26)12-13-24-30(27,28)22-14-16(2)10-11-17(22)3/h6-11,14,24H,5,12-13,15H2,1-4H3. The Bertz CT molecular complexity index is 1170. The van der Waals surface area contributed by atoms with Gasteiger partial charge in [0, 0.05) is 43.9 Å². The van der Waals surface area contributed by atoms with Crippen LogP contribution in [0.4, 0.5) is 0 Å². The number of nitrogens with one attached hydrogen (secondary N) is 1. The average Bonchev–Trinajstić information content (AvgIpc) is 3.07. The van der Waals surface area contributed by atoms with Crippen LogP contribution in [0, 0.1) is 13.8 Å². The van der Waals surface area contributed by atoms with Gasteiger partial charge in [-0.15, -0.1) is 0 Å². The molecule has 0 aliphatic rings. The van der Waals surface area contributed by atoms with Gasteiger partial charge in [0.15, 0.2) is 0 Å². The molecule has 1 heterocycles. The predicted octanol–water partition coefficient (Wildman–Crippen LogP) is 3.94. The van der Waals surface area contributed by atoms with Crippen molar-refractivity contribution in [2.24, 2.45) is 0 Å². The van der Waals surface area contributed by atoms with Crippen molar-refractivity contribution in [1.29, 1.82) is 0 Å². The van der Waals surface area contributed by atoms with Crippen molar-refractivity contribution in [3.8, 4) is 0 Å². The highest BCUT2D eigenvalue weighted by Crippen LogP contribution is 2.27. The van der Waals surface area contributed by atoms with E-state index in [0.29, 0.717) is 12.1 Å². The van der Waals surface area contributed by atoms with Crippen LogP contribution in [0.15, 0.2) is 51.8 Å². The van der Waals surface area contributed by atoms with Crippen LogP contribution in [-0.2, 0) is 27.8 Å². The SMILES string of the molecule is CCc1oc2ccccc2c1CN(C)C(=O)CCNS(=O)(=O)c1cc(C)ccc1C. The van der Waals surface area contributed by atoms with E-state index in [2.05, 4.69) is 4.72 Å². The fourth-order valence-electron chi connectivity index (χ4n) is 3.49. The number of fused-ring (bicyclic) bond motifs is 1. The summed E-state index contributed by atoms with van der Waals surface area (Å²) in [6, 6.07) is 13.1. The Labute approximate surface area is 177 Å². The molecule has 0 atom stereocenters. The third kappa shape index (κ3) is 4.74. The first-order valence-electron chi connectivity index (χ1n) is 10.0. The maximum absolute atomic E-state index is 12.6. The Kier molecular flexibility index (Phi) is 6.63. The summed E-state index contributed by atoms with van der Waals surface area (Å²) in [5, 5.41) is 1.00. The van der Waals surface area contributed by atoms with Crippen LogP contribution in [0.3, 0.4) is 0 Å². The number of carbonyl (C=O) groups excluding carboxylic acids is 1. The number of para-hydroxylation sites is 1. The summed E-state index contributed by atoms with van der Waals surface area (Å²) in [6.07, 6.45) is 0.819. The number of hydrogen-bond acceptors (Lipinski definition) is 4. The molecule has 3 rings (SSSR count). The first kappa shape index (κ1) is 22.1. The minimum Gasteiger partial charge on any atom is -0.461 e. The number of benzene rings is 2. The molecule has 0 unspecified atom stereocenters. The van der Waals surface area contributed by atoms with Crippen LogP contribution in [0.2, 0.25) is 0 Å². The smallest absolute Gasteiger partial charge is 0.240 e. The second kappa shape index (κ2) is 9.02. The Morgan fingerprint density at radius 2 is 1.87 bits per heavy atom. The average molecular weight is 429 g/mol. The first-order chi connectivity index (χ1) is 14.2. The lowest BCUT2D eigenvalue weighted by Crippen LogP contribution is -2.32. The van der Waals surface area contributed by atoms with Gasteiger partial charge in [-0.3, -0.25) is 4.79 Å². The number of sulfonamides is 1. The first-order valence-corrected chi connectivity index (χ1v) is 11.5. The van der Waals surface area contributed by atoms with Gasteiger partial charge >= 0.3 is 0 Å². The molecule has 160 valence electrons. The van der Waals surface area contributed by atoms with Gasteiger partial charge in [0.05, 0.1) is 4.90 Å². The maximum atomic E-state index is 12.6. The fraction of sp³-hybridized carbons (Fsp3) is 0.348. The van der Waals surface area contributed by atoms with E-state index in [9.17, 15) is 13.2 Å². The van der Waals surface area contributed by atoms with E-state index >= 15 is 0 Å². The van der Waals surface area contributed by atoms with Crippen molar-refractivity contribution in [3.63, 3.8) is 0 Å². The molecule has 3 aromatic rings. The molecule has 0 spiro atoms. The highest BCUT2D eigenvalue weighted by molar-refractivity contribution is 7.89. The van der Waals surface area contributed by atoms with Crippen molar-refractivity contribution >= 4 is 26.9 Å². The summed E-state index contributed by atoms with van der Waals surface area (Å²) in [5.74, 6) is 0.734. The molecule has 1 N–H and O–H groups in total. The lowest BCUT2D eigenvalue weighted by Gasteiger charge is -2.18. The summed E-state index contributed by atoms with van der Waals surface area (Å²) >= 11 is 0. The van der Waals surface area contributed by atoms with E-state index < -0.39 is 10.0 Å². The fourth-order valence-corrected chi connectivity index (χ4v) is 4.85. The molecule has 30 heavy (non-hydrogen) atoms. The normalized spacial score (nSPS) is 11.7. The third-order valence-electron chi connectivity index (χ3n) is 5.19. The number of aryl methyl sites for hydroxylation is 3. The lowest BCUT2D eigenvalue weighted by atomic mass is 10.1. The predicted molar refractivity (Wildman–Crippen MR) is 118 cm³/mol. The molecule has 6 nitrogen and oxygen atoms in total. The zero-order valence-electron chi connectivity index (χ0n) is 17.9. The number of carbonyl (C=O) groups is 1. The number of nitrogens with zero attached hydrogens (tertiary/aromatic N) is 1. The maximum Gasteiger partial charge on any atom is 0.240 e. The van der Waals surface area contributed by atoms with E-state index in [1.54, 1.807) is 31.0 Å². The number of furan rings is 1. The Balaban J connectivity index is 1.64. The van der Waals surface area contributed by atoms with E-state index in [-0.39, 0.29) is 23.8 Å². The molecule has 0 saturated heterocycles. The van der Waals surface area contributed by atoms with Gasteiger partial charge < -0.3 is 9.32 Å². The Morgan fingerprint density at radius 3 is 2.60 bits per heavy atom. The van der Waals surface area contributed by atoms with Crippen molar-refractivity contribution in [2.75, 3.05) is 13.6 Å². The van der Waals surface area contributed by atoms with Crippen molar-refractivity contribution < 1.29 is 17.6 Å². The minimum atomic E-state index is -3.66. The Morgan fingerprint density at radius 1 is 1.13 bits per heavy atom. The van der Waals surface area contributed by atoms with Crippen LogP contribution >= 0.6 is 0 Å². The van der Waals surface area contributed by atoms with Gasteiger partial charge in [-0.2, -0.15) is 0 Å². The highest BCUT2D eigenvalue weighted by Gasteiger charge is 2.19. The summed E-state index contributed by atoms with van der Waals surface area (Å²) in [5.41, 5.74) is 3.36. The number of amides is 1. The molecule has 1 aromatic heterocycles. The molecular formula is C23H28N2O4S. The van der Waals surface area contributed by atoms with Crippen LogP contribution in [0.1, 0.15) is 35.8 Å². The molecule has 1 amide bonds. The van der Waals surface area contributed by atoms with Crippen molar-refractivity contribution in [1.82, 2.24) is 9.62 Å². The quantitative estimate of drug-likeness (QED) is 0.589. The molecule has 7 heteroatoms. The van der Waals surface area contributed by atoms with E-state index in [4.69, 9.17) is 4.42 Å². The third-order valence-corrected chi connectivity index (χ3v) is 6.79. The Hall–Kier alpha value is -2.64. The lowest BCUT2D eigenvalue weighted by molar-refractivity contribution is -0.130. The summed E-state index contributed by atoms with van der Waals surface area (Å²) < 4.78 is 33.6. The molecule has 0 aliphatic heterocycles. The number of hydrogen-bond donors (Lipinski definition) is 1. The molecule has 0 radical (unpaired) electrons. The summed E-state index contributed by atoms with van der Waals surface area (Å²) in [4.78, 5) is 14.5. The number of rotatable bonds is 8.